The average Bonchev–Trinajstić information content (AvgIpc) is 2.37. The van der Waals surface area contributed by atoms with Gasteiger partial charge in [-0.05, 0) is 33.5 Å². The van der Waals surface area contributed by atoms with Crippen LogP contribution in [0.2, 0.25) is 0 Å². The summed E-state index contributed by atoms with van der Waals surface area (Å²) in [4.78, 5) is 8.12. The van der Waals surface area contributed by atoms with E-state index in [0.29, 0.717) is 0 Å². The summed E-state index contributed by atoms with van der Waals surface area (Å²) in [5.74, 6) is 0.825. The van der Waals surface area contributed by atoms with Gasteiger partial charge in [-0.1, -0.05) is 31.2 Å². The minimum Gasteiger partial charge on any atom is -0.366 e. The normalized spacial score (nSPS) is 10.2. The summed E-state index contributed by atoms with van der Waals surface area (Å²) >= 11 is 3.32. The molecule has 1 heterocycles. The lowest BCUT2D eigenvalue weighted by Gasteiger charge is -2.06. The topological polar surface area (TPSA) is 37.8 Å². The van der Waals surface area contributed by atoms with Crippen molar-refractivity contribution in [3.8, 4) is 0 Å². The van der Waals surface area contributed by atoms with Gasteiger partial charge in [0.15, 0.2) is 0 Å². The average molecular weight is 292 g/mol. The molecular formula is C13H14BrN3. The first kappa shape index (κ1) is 12.0. The lowest BCUT2D eigenvalue weighted by atomic mass is 10.1. The number of hydrogen-bond donors (Lipinski definition) is 1. The molecule has 0 aliphatic carbocycles. The minimum absolute atomic E-state index is 0.771. The molecule has 0 radical (unpaired) electrons. The Bertz CT molecular complexity index is 482. The zero-order chi connectivity index (χ0) is 12.1. The van der Waals surface area contributed by atoms with Crippen LogP contribution >= 0.6 is 15.9 Å². The number of halogens is 1. The quantitative estimate of drug-likeness (QED) is 0.877. The van der Waals surface area contributed by atoms with E-state index in [2.05, 4.69) is 62.4 Å². The minimum atomic E-state index is 0.771. The summed E-state index contributed by atoms with van der Waals surface area (Å²) in [5.41, 5.74) is 2.61. The Morgan fingerprint density at radius 1 is 1.12 bits per heavy atom. The number of nitrogens with zero attached hydrogens (tertiary/aromatic N) is 2. The molecule has 1 N–H and O–H groups in total. The molecule has 1 aromatic heterocycles. The van der Waals surface area contributed by atoms with Gasteiger partial charge in [-0.15, -0.1) is 0 Å². The van der Waals surface area contributed by atoms with Crippen molar-refractivity contribution in [2.75, 3.05) is 5.32 Å². The lowest BCUT2D eigenvalue weighted by Crippen LogP contribution is -2.01. The second kappa shape index (κ2) is 5.77. The van der Waals surface area contributed by atoms with Crippen molar-refractivity contribution in [2.45, 2.75) is 19.9 Å². The van der Waals surface area contributed by atoms with Crippen LogP contribution in [0.15, 0.2) is 41.3 Å². The maximum absolute atomic E-state index is 4.14. The van der Waals surface area contributed by atoms with Crippen LogP contribution in [-0.4, -0.2) is 9.97 Å². The number of aromatic nitrogens is 2. The molecular weight excluding hydrogens is 278 g/mol. The molecule has 0 aliphatic heterocycles. The van der Waals surface area contributed by atoms with Gasteiger partial charge in [0.25, 0.3) is 0 Å². The van der Waals surface area contributed by atoms with Crippen molar-refractivity contribution < 1.29 is 0 Å². The molecule has 0 fully saturated rings. The van der Waals surface area contributed by atoms with Gasteiger partial charge < -0.3 is 5.32 Å². The third-order valence-corrected chi connectivity index (χ3v) is 2.97. The van der Waals surface area contributed by atoms with E-state index in [1.165, 1.54) is 17.5 Å². The first-order chi connectivity index (χ1) is 8.28. The van der Waals surface area contributed by atoms with Gasteiger partial charge >= 0.3 is 0 Å². The Hall–Kier alpha value is -1.42. The summed E-state index contributed by atoms with van der Waals surface area (Å²) in [6.07, 6.45) is 2.61. The predicted molar refractivity (Wildman–Crippen MR) is 72.9 cm³/mol. The van der Waals surface area contributed by atoms with Gasteiger partial charge in [-0.3, -0.25) is 0 Å². The van der Waals surface area contributed by atoms with Crippen molar-refractivity contribution in [2.24, 2.45) is 0 Å². The highest BCUT2D eigenvalue weighted by atomic mass is 79.9. The van der Waals surface area contributed by atoms with Gasteiger partial charge in [-0.25, -0.2) is 9.97 Å². The highest BCUT2D eigenvalue weighted by molar-refractivity contribution is 9.10. The molecule has 3 nitrogen and oxygen atoms in total. The van der Waals surface area contributed by atoms with Crippen LogP contribution in [0, 0.1) is 0 Å². The SMILES string of the molecule is CCc1ccc(CNc2cc(Br)ncn2)cc1. The van der Waals surface area contributed by atoms with E-state index in [4.69, 9.17) is 0 Å². The van der Waals surface area contributed by atoms with Crippen molar-refractivity contribution in [3.63, 3.8) is 0 Å². The van der Waals surface area contributed by atoms with Gasteiger partial charge in [0.1, 0.15) is 16.7 Å². The zero-order valence-electron chi connectivity index (χ0n) is 9.65. The molecule has 2 aromatic rings. The molecule has 4 heteroatoms. The summed E-state index contributed by atoms with van der Waals surface area (Å²) in [7, 11) is 0. The molecule has 2 rings (SSSR count). The second-order valence-corrected chi connectivity index (χ2v) is 4.56. The maximum atomic E-state index is 4.14. The van der Waals surface area contributed by atoms with E-state index in [9.17, 15) is 0 Å². The van der Waals surface area contributed by atoms with Crippen LogP contribution in [-0.2, 0) is 13.0 Å². The Morgan fingerprint density at radius 3 is 2.47 bits per heavy atom. The van der Waals surface area contributed by atoms with Gasteiger partial charge in [0.2, 0.25) is 0 Å². The number of rotatable bonds is 4. The molecule has 0 saturated heterocycles. The molecule has 0 bridgehead atoms. The Morgan fingerprint density at radius 2 is 1.82 bits per heavy atom. The molecule has 0 saturated carbocycles. The van der Waals surface area contributed by atoms with E-state index in [-0.39, 0.29) is 0 Å². The zero-order valence-corrected chi connectivity index (χ0v) is 11.2. The number of hydrogen-bond acceptors (Lipinski definition) is 3. The van der Waals surface area contributed by atoms with E-state index in [1.54, 1.807) is 0 Å². The first-order valence-electron chi connectivity index (χ1n) is 5.57. The number of anilines is 1. The van der Waals surface area contributed by atoms with Crippen LogP contribution in [0.3, 0.4) is 0 Å². The van der Waals surface area contributed by atoms with Crippen LogP contribution in [0.25, 0.3) is 0 Å². The summed E-state index contributed by atoms with van der Waals surface area (Å²) in [5, 5.41) is 3.26. The Kier molecular flexibility index (Phi) is 4.09. The second-order valence-electron chi connectivity index (χ2n) is 3.75. The number of aryl methyl sites for hydroxylation is 1. The fourth-order valence-electron chi connectivity index (χ4n) is 1.52. The molecule has 1 aromatic carbocycles. The Balaban J connectivity index is 1.97. The number of benzene rings is 1. The van der Waals surface area contributed by atoms with Crippen LogP contribution in [0.5, 0.6) is 0 Å². The van der Waals surface area contributed by atoms with Crippen LogP contribution in [0.1, 0.15) is 18.1 Å². The molecule has 0 amide bonds. The van der Waals surface area contributed by atoms with Crippen molar-refractivity contribution in [3.05, 3.63) is 52.4 Å². The standard InChI is InChI=1S/C13H14BrN3/c1-2-10-3-5-11(6-4-10)8-15-13-7-12(14)16-9-17-13/h3-7,9H,2,8H2,1H3,(H,15,16,17). The van der Waals surface area contributed by atoms with Crippen LogP contribution < -0.4 is 5.32 Å². The van der Waals surface area contributed by atoms with Crippen molar-refractivity contribution >= 4 is 21.7 Å². The Labute approximate surface area is 109 Å². The maximum Gasteiger partial charge on any atom is 0.130 e. The molecule has 0 atom stereocenters. The fourth-order valence-corrected chi connectivity index (χ4v) is 1.82. The first-order valence-corrected chi connectivity index (χ1v) is 6.36. The van der Waals surface area contributed by atoms with E-state index >= 15 is 0 Å². The summed E-state index contributed by atoms with van der Waals surface area (Å²) < 4.78 is 0.788. The molecule has 88 valence electrons. The summed E-state index contributed by atoms with van der Waals surface area (Å²) in [6, 6.07) is 10.5. The largest absolute Gasteiger partial charge is 0.366 e. The highest BCUT2D eigenvalue weighted by Gasteiger charge is 1.97. The highest BCUT2D eigenvalue weighted by Crippen LogP contribution is 2.11. The monoisotopic (exact) mass is 291 g/mol. The third-order valence-electron chi connectivity index (χ3n) is 2.54. The van der Waals surface area contributed by atoms with Gasteiger partial charge in [0, 0.05) is 12.6 Å². The van der Waals surface area contributed by atoms with Gasteiger partial charge in [0.05, 0.1) is 0 Å². The lowest BCUT2D eigenvalue weighted by molar-refractivity contribution is 1.06. The van der Waals surface area contributed by atoms with E-state index in [0.717, 1.165) is 23.4 Å². The third kappa shape index (κ3) is 3.53. The molecule has 0 spiro atoms. The molecule has 0 aliphatic rings. The van der Waals surface area contributed by atoms with Crippen molar-refractivity contribution in [1.29, 1.82) is 0 Å². The van der Waals surface area contributed by atoms with E-state index in [1.807, 2.05) is 6.07 Å². The van der Waals surface area contributed by atoms with Crippen LogP contribution in [0.4, 0.5) is 5.82 Å². The van der Waals surface area contributed by atoms with E-state index < -0.39 is 0 Å². The predicted octanol–water partition coefficient (Wildman–Crippen LogP) is 3.41. The van der Waals surface area contributed by atoms with Crippen molar-refractivity contribution in [1.82, 2.24) is 9.97 Å². The molecule has 0 unspecified atom stereocenters. The molecule has 17 heavy (non-hydrogen) atoms. The smallest absolute Gasteiger partial charge is 0.130 e. The number of nitrogens with one attached hydrogen (secondary N) is 1. The fraction of sp³-hybridized carbons (Fsp3) is 0.231. The van der Waals surface area contributed by atoms with Gasteiger partial charge in [-0.2, -0.15) is 0 Å². The summed E-state index contributed by atoms with van der Waals surface area (Å²) in [6.45, 7) is 2.93.